The average Bonchev–Trinajstić information content (AvgIpc) is 3.16. The molecule has 1 aliphatic heterocycles. The van der Waals surface area contributed by atoms with Crippen LogP contribution in [0.5, 0.6) is 0 Å². The summed E-state index contributed by atoms with van der Waals surface area (Å²) in [4.78, 5) is 11.6. The van der Waals surface area contributed by atoms with Crippen molar-refractivity contribution in [2.75, 3.05) is 12.4 Å². The van der Waals surface area contributed by atoms with Crippen LogP contribution in [-0.4, -0.2) is 33.3 Å². The Balaban J connectivity index is 1.73. The van der Waals surface area contributed by atoms with Crippen LogP contribution in [0, 0.1) is 3.57 Å². The van der Waals surface area contributed by atoms with Crippen LogP contribution in [0.4, 0.5) is 5.95 Å². The standard InChI is InChI=1S/C18H14IN5O2/c1-26-17(25)13-4-2-12(3-5-13)16-10-15(11-6-8-14(19)9-7-11)20-18-21-22-23-24(16)18/h2-10,16H,1H3,(H,20,21,23). The van der Waals surface area contributed by atoms with E-state index in [0.717, 1.165) is 16.8 Å². The first-order chi connectivity index (χ1) is 12.7. The molecule has 0 spiro atoms. The Hall–Kier alpha value is -2.75. The third-order valence-electron chi connectivity index (χ3n) is 4.16. The van der Waals surface area contributed by atoms with E-state index in [9.17, 15) is 4.79 Å². The number of fused-ring (bicyclic) bond motifs is 1. The summed E-state index contributed by atoms with van der Waals surface area (Å²) >= 11 is 2.28. The van der Waals surface area contributed by atoms with Gasteiger partial charge in [-0.2, -0.15) is 4.68 Å². The first-order valence-corrected chi connectivity index (χ1v) is 8.94. The highest BCUT2D eigenvalue weighted by Gasteiger charge is 2.24. The van der Waals surface area contributed by atoms with E-state index in [2.05, 4.69) is 73.8 Å². The largest absolute Gasteiger partial charge is 0.465 e. The fourth-order valence-electron chi connectivity index (χ4n) is 2.82. The maximum absolute atomic E-state index is 11.6. The molecule has 0 fully saturated rings. The zero-order valence-electron chi connectivity index (χ0n) is 13.8. The number of hydrogen-bond donors (Lipinski definition) is 1. The van der Waals surface area contributed by atoms with Gasteiger partial charge in [-0.1, -0.05) is 29.4 Å². The Labute approximate surface area is 163 Å². The highest BCUT2D eigenvalue weighted by atomic mass is 127. The number of nitrogens with one attached hydrogen (secondary N) is 1. The predicted octanol–water partition coefficient (Wildman–Crippen LogP) is 3.12. The third kappa shape index (κ3) is 3.07. The molecule has 0 saturated carbocycles. The Kier molecular flexibility index (Phi) is 4.41. The first kappa shape index (κ1) is 16.7. The number of halogens is 1. The van der Waals surface area contributed by atoms with Crippen LogP contribution in [0.15, 0.2) is 54.6 Å². The van der Waals surface area contributed by atoms with Crippen molar-refractivity contribution in [1.29, 1.82) is 0 Å². The Morgan fingerprint density at radius 1 is 1.15 bits per heavy atom. The highest BCUT2D eigenvalue weighted by molar-refractivity contribution is 14.1. The smallest absolute Gasteiger partial charge is 0.337 e. The maximum Gasteiger partial charge on any atom is 0.337 e. The molecule has 0 saturated heterocycles. The van der Waals surface area contributed by atoms with Gasteiger partial charge < -0.3 is 10.1 Å². The van der Waals surface area contributed by atoms with Crippen LogP contribution in [0.2, 0.25) is 0 Å². The van der Waals surface area contributed by atoms with E-state index in [0.29, 0.717) is 11.5 Å². The molecule has 0 radical (unpaired) electrons. The average molecular weight is 459 g/mol. The van der Waals surface area contributed by atoms with Crippen LogP contribution in [0.25, 0.3) is 5.70 Å². The maximum atomic E-state index is 11.6. The normalized spacial score (nSPS) is 15.6. The summed E-state index contributed by atoms with van der Waals surface area (Å²) in [6.07, 6.45) is 2.07. The Bertz CT molecular complexity index is 980. The van der Waals surface area contributed by atoms with Gasteiger partial charge in [0.25, 0.3) is 0 Å². The van der Waals surface area contributed by atoms with Crippen LogP contribution < -0.4 is 5.32 Å². The van der Waals surface area contributed by atoms with Crippen LogP contribution >= 0.6 is 22.6 Å². The van der Waals surface area contributed by atoms with E-state index in [4.69, 9.17) is 4.74 Å². The van der Waals surface area contributed by atoms with E-state index in [1.807, 2.05) is 12.1 Å². The second-order valence-corrected chi connectivity index (χ2v) is 6.96. The summed E-state index contributed by atoms with van der Waals surface area (Å²) in [5.41, 5.74) is 3.46. The van der Waals surface area contributed by atoms with E-state index < -0.39 is 0 Å². The summed E-state index contributed by atoms with van der Waals surface area (Å²) < 4.78 is 7.63. The second-order valence-electron chi connectivity index (χ2n) is 5.72. The molecule has 8 heteroatoms. The van der Waals surface area contributed by atoms with Gasteiger partial charge in [0.15, 0.2) is 0 Å². The molecular weight excluding hydrogens is 445 g/mol. The lowest BCUT2D eigenvalue weighted by molar-refractivity contribution is 0.0600. The zero-order chi connectivity index (χ0) is 18.1. The number of rotatable bonds is 3. The van der Waals surface area contributed by atoms with Gasteiger partial charge in [0, 0.05) is 9.27 Å². The molecule has 1 atom stereocenters. The minimum absolute atomic E-state index is 0.178. The Morgan fingerprint density at radius 3 is 2.58 bits per heavy atom. The number of methoxy groups -OCH3 is 1. The third-order valence-corrected chi connectivity index (χ3v) is 4.87. The summed E-state index contributed by atoms with van der Waals surface area (Å²) in [7, 11) is 1.37. The number of tetrazole rings is 1. The topological polar surface area (TPSA) is 81.9 Å². The van der Waals surface area contributed by atoms with Crippen molar-refractivity contribution >= 4 is 40.2 Å². The molecule has 1 N–H and O–H groups in total. The number of nitrogens with zero attached hydrogens (tertiary/aromatic N) is 4. The molecule has 0 aliphatic carbocycles. The quantitative estimate of drug-likeness (QED) is 0.479. The number of carbonyl (C=O) groups excluding carboxylic acids is 1. The number of allylic oxidation sites excluding steroid dienone is 1. The van der Waals surface area contributed by atoms with Crippen molar-refractivity contribution in [3.05, 3.63) is 74.9 Å². The summed E-state index contributed by atoms with van der Waals surface area (Å²) in [5, 5.41) is 15.2. The zero-order valence-corrected chi connectivity index (χ0v) is 15.9. The van der Waals surface area contributed by atoms with E-state index in [-0.39, 0.29) is 12.0 Å². The number of ether oxygens (including phenoxy) is 1. The van der Waals surface area contributed by atoms with Gasteiger partial charge >= 0.3 is 5.97 Å². The number of carbonyl (C=O) groups is 1. The van der Waals surface area contributed by atoms with Crippen molar-refractivity contribution in [2.24, 2.45) is 0 Å². The number of aromatic nitrogens is 4. The molecule has 2 heterocycles. The minimum Gasteiger partial charge on any atom is -0.465 e. The van der Waals surface area contributed by atoms with Gasteiger partial charge in [-0.3, -0.25) is 0 Å². The number of benzene rings is 2. The number of hydrogen-bond acceptors (Lipinski definition) is 6. The molecule has 3 aromatic rings. The van der Waals surface area contributed by atoms with E-state index in [1.165, 1.54) is 10.7 Å². The van der Waals surface area contributed by atoms with Crippen LogP contribution in [0.1, 0.15) is 27.5 Å². The molecule has 26 heavy (non-hydrogen) atoms. The second kappa shape index (κ2) is 6.87. The van der Waals surface area contributed by atoms with E-state index >= 15 is 0 Å². The predicted molar refractivity (Wildman–Crippen MR) is 104 cm³/mol. The molecule has 1 aromatic heterocycles. The minimum atomic E-state index is -0.361. The molecule has 4 rings (SSSR count). The first-order valence-electron chi connectivity index (χ1n) is 7.86. The molecular formula is C18H14IN5O2. The fraction of sp³-hybridized carbons (Fsp3) is 0.111. The molecule has 0 bridgehead atoms. The van der Waals surface area contributed by atoms with Crippen LogP contribution in [-0.2, 0) is 4.74 Å². The number of esters is 1. The van der Waals surface area contributed by atoms with Gasteiger partial charge in [0.2, 0.25) is 5.95 Å². The lowest BCUT2D eigenvalue weighted by Crippen LogP contribution is -2.20. The van der Waals surface area contributed by atoms with Gasteiger partial charge in [-0.25, -0.2) is 4.79 Å². The van der Waals surface area contributed by atoms with E-state index in [1.54, 1.807) is 16.8 Å². The molecule has 1 unspecified atom stereocenters. The SMILES string of the molecule is COC(=O)c1ccc(C2C=C(c3ccc(I)cc3)Nc3nnnn32)cc1. The van der Waals surface area contributed by atoms with Gasteiger partial charge in [-0.05, 0) is 74.5 Å². The Morgan fingerprint density at radius 2 is 1.88 bits per heavy atom. The lowest BCUT2D eigenvalue weighted by atomic mass is 10.0. The van der Waals surface area contributed by atoms with Crippen molar-refractivity contribution in [2.45, 2.75) is 6.04 Å². The van der Waals surface area contributed by atoms with Crippen molar-refractivity contribution < 1.29 is 9.53 Å². The molecule has 130 valence electrons. The van der Waals surface area contributed by atoms with Crippen molar-refractivity contribution in [3.63, 3.8) is 0 Å². The molecule has 0 amide bonds. The molecule has 2 aromatic carbocycles. The van der Waals surface area contributed by atoms with Gasteiger partial charge in [-0.15, -0.1) is 0 Å². The fourth-order valence-corrected chi connectivity index (χ4v) is 3.18. The number of anilines is 1. The highest BCUT2D eigenvalue weighted by Crippen LogP contribution is 2.31. The summed E-state index contributed by atoms with van der Waals surface area (Å²) in [6, 6.07) is 15.3. The summed E-state index contributed by atoms with van der Waals surface area (Å²) in [5.74, 6) is 0.211. The van der Waals surface area contributed by atoms with Crippen molar-refractivity contribution in [3.8, 4) is 0 Å². The summed E-state index contributed by atoms with van der Waals surface area (Å²) in [6.45, 7) is 0. The monoisotopic (exact) mass is 459 g/mol. The molecule has 1 aliphatic rings. The van der Waals surface area contributed by atoms with Gasteiger partial charge in [0.1, 0.15) is 6.04 Å². The van der Waals surface area contributed by atoms with Crippen molar-refractivity contribution in [1.82, 2.24) is 20.2 Å². The molecule has 7 nitrogen and oxygen atoms in total. The van der Waals surface area contributed by atoms with Gasteiger partial charge in [0.05, 0.1) is 12.7 Å². The lowest BCUT2D eigenvalue weighted by Gasteiger charge is -2.23. The van der Waals surface area contributed by atoms with Crippen LogP contribution in [0.3, 0.4) is 0 Å².